The summed E-state index contributed by atoms with van der Waals surface area (Å²) in [6.07, 6.45) is 1.27. The van der Waals surface area contributed by atoms with Crippen LogP contribution >= 0.6 is 0 Å². The van der Waals surface area contributed by atoms with Gasteiger partial charge in [0.2, 0.25) is 0 Å². The van der Waals surface area contributed by atoms with Crippen LogP contribution in [0.15, 0.2) is 48.5 Å². The third-order valence-corrected chi connectivity index (χ3v) is 6.51. The van der Waals surface area contributed by atoms with Crippen LogP contribution in [0, 0.1) is 5.82 Å². The number of hydrogen-bond donors (Lipinski definition) is 0. The van der Waals surface area contributed by atoms with Crippen LogP contribution in [-0.4, -0.2) is 43.4 Å². The fraction of sp³-hybridized carbons (Fsp3) is 0.381. The summed E-state index contributed by atoms with van der Waals surface area (Å²) in [5.74, 6) is -0.415. The van der Waals surface area contributed by atoms with Gasteiger partial charge >= 0.3 is 0 Å². The van der Waals surface area contributed by atoms with Gasteiger partial charge in [0.15, 0.2) is 9.84 Å². The third-order valence-electron chi connectivity index (χ3n) is 4.76. The first-order chi connectivity index (χ1) is 13.4. The van der Waals surface area contributed by atoms with Gasteiger partial charge in [-0.3, -0.25) is 4.79 Å². The minimum Gasteiger partial charge on any atom is -0.494 e. The quantitative estimate of drug-likeness (QED) is 0.708. The van der Waals surface area contributed by atoms with Crippen molar-refractivity contribution in [1.29, 1.82) is 0 Å². The summed E-state index contributed by atoms with van der Waals surface area (Å²) >= 11 is 0. The molecule has 0 saturated carbocycles. The lowest BCUT2D eigenvalue weighted by Gasteiger charge is -2.28. The van der Waals surface area contributed by atoms with Crippen LogP contribution in [0.25, 0.3) is 0 Å². The standard InChI is InChI=1S/C21H24FNO4S/c1-2-12-27-18-9-7-16(8-10-18)14-23(17-11-13-28(25,26)15-17)21(24)19-5-3-4-6-20(19)22/h3-10,17H,2,11-15H2,1H3/t17-/m0/s1. The first-order valence-corrected chi connectivity index (χ1v) is 11.2. The number of halogens is 1. The highest BCUT2D eigenvalue weighted by atomic mass is 32.2. The Labute approximate surface area is 165 Å². The SMILES string of the molecule is CCCOc1ccc(CN(C(=O)c2ccccc2F)[C@H]2CCS(=O)(=O)C2)cc1. The Bertz CT molecular complexity index is 928. The van der Waals surface area contributed by atoms with Gasteiger partial charge in [0, 0.05) is 12.6 Å². The molecule has 3 rings (SSSR count). The van der Waals surface area contributed by atoms with E-state index in [4.69, 9.17) is 4.74 Å². The van der Waals surface area contributed by atoms with Crippen LogP contribution in [0.4, 0.5) is 4.39 Å². The van der Waals surface area contributed by atoms with Crippen LogP contribution in [0.3, 0.4) is 0 Å². The van der Waals surface area contributed by atoms with Gasteiger partial charge in [-0.05, 0) is 42.7 Å². The molecule has 7 heteroatoms. The fourth-order valence-electron chi connectivity index (χ4n) is 3.28. The molecule has 1 fully saturated rings. The molecule has 0 bridgehead atoms. The molecule has 1 saturated heterocycles. The summed E-state index contributed by atoms with van der Waals surface area (Å²) < 4.78 is 43.6. The third kappa shape index (κ3) is 4.90. The van der Waals surface area contributed by atoms with Gasteiger partial charge < -0.3 is 9.64 Å². The highest BCUT2D eigenvalue weighted by molar-refractivity contribution is 7.91. The first-order valence-electron chi connectivity index (χ1n) is 9.37. The maximum absolute atomic E-state index is 14.2. The van der Waals surface area contributed by atoms with E-state index in [2.05, 4.69) is 0 Å². The zero-order chi connectivity index (χ0) is 20.1. The Kier molecular flexibility index (Phi) is 6.34. The fourth-order valence-corrected chi connectivity index (χ4v) is 5.02. The monoisotopic (exact) mass is 405 g/mol. The van der Waals surface area contributed by atoms with E-state index in [1.165, 1.54) is 23.1 Å². The second kappa shape index (κ2) is 8.73. The minimum atomic E-state index is -3.18. The number of ether oxygens (including phenoxy) is 1. The van der Waals surface area contributed by atoms with Gasteiger partial charge in [-0.15, -0.1) is 0 Å². The second-order valence-corrected chi connectivity index (χ2v) is 9.19. The molecule has 1 heterocycles. The van der Waals surface area contributed by atoms with E-state index in [1.807, 2.05) is 31.2 Å². The second-order valence-electron chi connectivity index (χ2n) is 6.96. The summed E-state index contributed by atoms with van der Waals surface area (Å²) in [5.41, 5.74) is 0.785. The Hall–Kier alpha value is -2.41. The van der Waals surface area contributed by atoms with Crippen molar-refractivity contribution < 1.29 is 22.3 Å². The molecule has 1 aliphatic heterocycles. The maximum atomic E-state index is 14.2. The molecule has 0 N–H and O–H groups in total. The van der Waals surface area contributed by atoms with Crippen molar-refractivity contribution in [1.82, 2.24) is 4.90 Å². The first kappa shape index (κ1) is 20.3. The Balaban J connectivity index is 1.84. The average Bonchev–Trinajstić information content (AvgIpc) is 3.04. The zero-order valence-electron chi connectivity index (χ0n) is 15.8. The van der Waals surface area contributed by atoms with Crippen molar-refractivity contribution in [2.45, 2.75) is 32.4 Å². The van der Waals surface area contributed by atoms with Gasteiger partial charge in [-0.1, -0.05) is 31.2 Å². The molecule has 0 unspecified atom stereocenters. The lowest BCUT2D eigenvalue weighted by molar-refractivity contribution is 0.0676. The van der Waals surface area contributed by atoms with E-state index >= 15 is 0 Å². The van der Waals surface area contributed by atoms with Gasteiger partial charge in [0.05, 0.1) is 23.7 Å². The molecule has 0 spiro atoms. The number of benzene rings is 2. The van der Waals surface area contributed by atoms with Crippen molar-refractivity contribution in [3.8, 4) is 5.75 Å². The normalized spacial score (nSPS) is 18.0. The lowest BCUT2D eigenvalue weighted by atomic mass is 10.1. The molecular formula is C21H24FNO4S. The van der Waals surface area contributed by atoms with Gasteiger partial charge in [0.1, 0.15) is 11.6 Å². The number of hydrogen-bond acceptors (Lipinski definition) is 4. The molecule has 0 aliphatic carbocycles. The van der Waals surface area contributed by atoms with Crippen molar-refractivity contribution in [3.05, 3.63) is 65.5 Å². The van der Waals surface area contributed by atoms with Crippen molar-refractivity contribution in [2.24, 2.45) is 0 Å². The van der Waals surface area contributed by atoms with E-state index in [-0.39, 0.29) is 23.6 Å². The molecule has 2 aromatic carbocycles. The summed E-state index contributed by atoms with van der Waals surface area (Å²) in [6.45, 7) is 2.86. The van der Waals surface area contributed by atoms with Crippen molar-refractivity contribution in [2.75, 3.05) is 18.1 Å². The molecular weight excluding hydrogens is 381 g/mol. The number of sulfone groups is 1. The minimum absolute atomic E-state index is 0.0442. The summed E-state index contributed by atoms with van der Waals surface area (Å²) in [6, 6.07) is 12.6. The zero-order valence-corrected chi connectivity index (χ0v) is 16.6. The molecule has 2 aromatic rings. The number of carbonyl (C=O) groups excluding carboxylic acids is 1. The van der Waals surface area contributed by atoms with Crippen LogP contribution in [-0.2, 0) is 16.4 Å². The van der Waals surface area contributed by atoms with E-state index in [0.717, 1.165) is 17.7 Å². The van der Waals surface area contributed by atoms with Crippen molar-refractivity contribution >= 4 is 15.7 Å². The number of carbonyl (C=O) groups is 1. The van der Waals surface area contributed by atoms with E-state index in [0.29, 0.717) is 13.0 Å². The average molecular weight is 405 g/mol. The van der Waals surface area contributed by atoms with E-state index in [1.54, 1.807) is 6.07 Å². The maximum Gasteiger partial charge on any atom is 0.257 e. The molecule has 1 aliphatic rings. The van der Waals surface area contributed by atoms with Gasteiger partial charge in [-0.2, -0.15) is 0 Å². The number of rotatable bonds is 7. The Morgan fingerprint density at radius 2 is 1.89 bits per heavy atom. The van der Waals surface area contributed by atoms with E-state index < -0.39 is 27.6 Å². The highest BCUT2D eigenvalue weighted by Crippen LogP contribution is 2.24. The van der Waals surface area contributed by atoms with Crippen LogP contribution in [0.1, 0.15) is 35.7 Å². The Morgan fingerprint density at radius 3 is 2.50 bits per heavy atom. The van der Waals surface area contributed by atoms with E-state index in [9.17, 15) is 17.6 Å². The topological polar surface area (TPSA) is 63.7 Å². The highest BCUT2D eigenvalue weighted by Gasteiger charge is 2.35. The lowest BCUT2D eigenvalue weighted by Crippen LogP contribution is -2.41. The molecule has 28 heavy (non-hydrogen) atoms. The number of amides is 1. The molecule has 150 valence electrons. The smallest absolute Gasteiger partial charge is 0.257 e. The predicted octanol–water partition coefficient (Wildman–Crippen LogP) is 3.44. The molecule has 1 amide bonds. The predicted molar refractivity (Wildman–Crippen MR) is 106 cm³/mol. The molecule has 0 radical (unpaired) electrons. The summed E-state index contributed by atoms with van der Waals surface area (Å²) in [7, 11) is -3.18. The van der Waals surface area contributed by atoms with Crippen LogP contribution in [0.5, 0.6) is 5.75 Å². The molecule has 0 aromatic heterocycles. The molecule has 1 atom stereocenters. The van der Waals surface area contributed by atoms with Crippen molar-refractivity contribution in [3.63, 3.8) is 0 Å². The summed E-state index contributed by atoms with van der Waals surface area (Å²) in [5, 5.41) is 0. The largest absolute Gasteiger partial charge is 0.494 e. The van der Waals surface area contributed by atoms with Gasteiger partial charge in [-0.25, -0.2) is 12.8 Å². The van der Waals surface area contributed by atoms with Crippen LogP contribution in [0.2, 0.25) is 0 Å². The summed E-state index contributed by atoms with van der Waals surface area (Å²) in [4.78, 5) is 14.5. The molecule has 5 nitrogen and oxygen atoms in total. The Morgan fingerprint density at radius 1 is 1.18 bits per heavy atom. The van der Waals surface area contributed by atoms with Crippen LogP contribution < -0.4 is 4.74 Å². The van der Waals surface area contributed by atoms with Gasteiger partial charge in [0.25, 0.3) is 5.91 Å². The number of nitrogens with zero attached hydrogens (tertiary/aromatic N) is 1.